The predicted molar refractivity (Wildman–Crippen MR) is 115 cm³/mol. The second-order valence-electron chi connectivity index (χ2n) is 6.82. The maximum Gasteiger partial charge on any atom is 0.272 e. The van der Waals surface area contributed by atoms with Gasteiger partial charge in [0.1, 0.15) is 23.8 Å². The summed E-state index contributed by atoms with van der Waals surface area (Å²) in [6.45, 7) is 5.90. The van der Waals surface area contributed by atoms with E-state index in [9.17, 15) is 9.59 Å². The molecule has 3 aromatic heterocycles. The molecule has 0 spiro atoms. The van der Waals surface area contributed by atoms with Crippen molar-refractivity contribution in [2.75, 3.05) is 6.54 Å². The van der Waals surface area contributed by atoms with Crippen molar-refractivity contribution < 1.29 is 9.63 Å². The minimum Gasteiger partial charge on any atom is -0.360 e. The van der Waals surface area contributed by atoms with E-state index in [0.29, 0.717) is 5.82 Å². The van der Waals surface area contributed by atoms with Gasteiger partial charge in [-0.25, -0.2) is 19.9 Å². The highest BCUT2D eigenvalue weighted by Crippen LogP contribution is 2.08. The fraction of sp³-hybridized carbons (Fsp3) is 0.350. The minimum atomic E-state index is -0.514. The number of nitrogens with zero attached hydrogens (tertiary/aromatic N) is 5. The predicted octanol–water partition coefficient (Wildman–Crippen LogP) is 1.85. The Kier molecular flexibility index (Phi) is 7.57. The van der Waals surface area contributed by atoms with Gasteiger partial charge in [-0.3, -0.25) is 9.59 Å². The lowest BCUT2D eigenvalue weighted by Gasteiger charge is -2.06. The third kappa shape index (κ3) is 6.29. The molecule has 0 aliphatic carbocycles. The molecule has 3 aromatic rings. The van der Waals surface area contributed by atoms with Crippen molar-refractivity contribution in [2.45, 2.75) is 39.0 Å². The summed E-state index contributed by atoms with van der Waals surface area (Å²) in [7, 11) is 0. The molecule has 0 aromatic carbocycles. The van der Waals surface area contributed by atoms with Crippen molar-refractivity contribution in [2.24, 2.45) is 5.16 Å². The first-order valence-corrected chi connectivity index (χ1v) is 9.97. The molecule has 0 atom stereocenters. The molecule has 3 rings (SSSR count). The van der Waals surface area contributed by atoms with E-state index in [-0.39, 0.29) is 29.2 Å². The van der Waals surface area contributed by atoms with Crippen molar-refractivity contribution >= 4 is 23.3 Å². The van der Waals surface area contributed by atoms with Crippen molar-refractivity contribution in [1.29, 1.82) is 0 Å². The second kappa shape index (κ2) is 10.8. The molecule has 11 nitrogen and oxygen atoms in total. The van der Waals surface area contributed by atoms with Gasteiger partial charge in [0.2, 0.25) is 0 Å². The summed E-state index contributed by atoms with van der Waals surface area (Å²) in [6, 6.07) is 0. The van der Waals surface area contributed by atoms with Crippen LogP contribution in [0.2, 0.25) is 0 Å². The Morgan fingerprint density at radius 1 is 1.19 bits per heavy atom. The monoisotopic (exact) mass is 424 g/mol. The van der Waals surface area contributed by atoms with Crippen LogP contribution in [0, 0.1) is 0 Å². The highest BCUT2D eigenvalue weighted by Gasteiger charge is 2.14. The molecule has 31 heavy (non-hydrogen) atoms. The Balaban J connectivity index is 1.47. The van der Waals surface area contributed by atoms with Crippen molar-refractivity contribution in [3.05, 3.63) is 58.6 Å². The average Bonchev–Trinajstić information content (AvgIpc) is 3.22. The number of rotatable bonds is 11. The van der Waals surface area contributed by atoms with Gasteiger partial charge in [-0.2, -0.15) is 0 Å². The van der Waals surface area contributed by atoms with E-state index >= 15 is 0 Å². The molecule has 1 amide bonds. The summed E-state index contributed by atoms with van der Waals surface area (Å²) in [5.74, 6) is 0.282. The van der Waals surface area contributed by atoms with E-state index in [0.717, 1.165) is 24.7 Å². The number of unbranched alkanes of at least 4 members (excludes halogenated alkanes) is 3. The number of carbonyl (C=O) groups is 1. The maximum atomic E-state index is 12.4. The molecular formula is C20H24N8O3. The van der Waals surface area contributed by atoms with E-state index in [1.54, 1.807) is 6.20 Å². The molecule has 3 heterocycles. The fourth-order valence-electron chi connectivity index (χ4n) is 2.79. The first kappa shape index (κ1) is 21.8. The Bertz CT molecular complexity index is 1130. The van der Waals surface area contributed by atoms with Crippen molar-refractivity contribution in [1.82, 2.24) is 35.2 Å². The number of amides is 1. The number of aromatic nitrogens is 6. The van der Waals surface area contributed by atoms with Crippen LogP contribution in [0.3, 0.4) is 0 Å². The van der Waals surface area contributed by atoms with Crippen LogP contribution in [0.4, 0.5) is 0 Å². The third-order valence-electron chi connectivity index (χ3n) is 4.34. The van der Waals surface area contributed by atoms with E-state index < -0.39 is 11.5 Å². The minimum absolute atomic E-state index is 0.00581. The Hall–Kier alpha value is -3.89. The largest absolute Gasteiger partial charge is 0.360 e. The SMILES string of the molecule is C=C(CNC(=O)c1ncnc2[nH]c(=O)cnc12)O/N=C/c1ncc(CCCCCC)[nH]1. The molecule has 162 valence electrons. The number of oxime groups is 1. The molecule has 3 N–H and O–H groups in total. The van der Waals surface area contributed by atoms with E-state index in [4.69, 9.17) is 4.84 Å². The highest BCUT2D eigenvalue weighted by molar-refractivity contribution is 6.01. The Morgan fingerprint density at radius 2 is 2.06 bits per heavy atom. The summed E-state index contributed by atoms with van der Waals surface area (Å²) >= 11 is 0. The fourth-order valence-corrected chi connectivity index (χ4v) is 2.79. The van der Waals surface area contributed by atoms with Crippen LogP contribution in [0.25, 0.3) is 11.2 Å². The summed E-state index contributed by atoms with van der Waals surface area (Å²) in [4.78, 5) is 50.5. The summed E-state index contributed by atoms with van der Waals surface area (Å²) < 4.78 is 0. The number of hydrogen-bond acceptors (Lipinski definition) is 8. The molecule has 0 saturated heterocycles. The lowest BCUT2D eigenvalue weighted by molar-refractivity contribution is 0.0944. The molecule has 0 aliphatic heterocycles. The van der Waals surface area contributed by atoms with Gasteiger partial charge in [0, 0.05) is 11.9 Å². The summed E-state index contributed by atoms with van der Waals surface area (Å²) in [5, 5.41) is 6.44. The number of H-pyrrole nitrogens is 2. The average molecular weight is 424 g/mol. The van der Waals surface area contributed by atoms with Crippen molar-refractivity contribution in [3.8, 4) is 0 Å². The number of aromatic amines is 2. The van der Waals surface area contributed by atoms with Gasteiger partial charge < -0.3 is 20.1 Å². The third-order valence-corrected chi connectivity index (χ3v) is 4.34. The smallest absolute Gasteiger partial charge is 0.272 e. The van der Waals surface area contributed by atoms with E-state index in [1.165, 1.54) is 31.8 Å². The van der Waals surface area contributed by atoms with Crippen LogP contribution in [-0.4, -0.2) is 48.6 Å². The van der Waals surface area contributed by atoms with Gasteiger partial charge in [0.25, 0.3) is 11.5 Å². The van der Waals surface area contributed by atoms with Gasteiger partial charge in [-0.05, 0) is 12.8 Å². The van der Waals surface area contributed by atoms with Gasteiger partial charge in [-0.1, -0.05) is 37.9 Å². The van der Waals surface area contributed by atoms with Gasteiger partial charge in [0.05, 0.1) is 12.7 Å². The standard InChI is InChI=1S/C20H24N8O3/c1-3-4-5-6-7-14-9-21-15(27-14)10-26-31-13(2)8-23-20(30)18-17-19(25-12-24-18)28-16(29)11-22-17/h9-12H,2-8H2,1H3,(H,21,27)(H,23,30)(H,24,25,28,29)/b26-10+. The number of fused-ring (bicyclic) bond motifs is 1. The van der Waals surface area contributed by atoms with Crippen LogP contribution >= 0.6 is 0 Å². The molecule has 0 fully saturated rings. The lowest BCUT2D eigenvalue weighted by Crippen LogP contribution is -2.27. The molecular weight excluding hydrogens is 400 g/mol. The van der Waals surface area contributed by atoms with E-state index in [2.05, 4.69) is 53.9 Å². The van der Waals surface area contributed by atoms with Crippen LogP contribution in [-0.2, 0) is 11.3 Å². The Labute approximate surface area is 178 Å². The number of carbonyl (C=O) groups excluding carboxylic acids is 1. The molecule has 11 heteroatoms. The number of hydrogen-bond donors (Lipinski definition) is 3. The summed E-state index contributed by atoms with van der Waals surface area (Å²) in [5.41, 5.74) is 1.02. The van der Waals surface area contributed by atoms with Crippen LogP contribution in [0.5, 0.6) is 0 Å². The zero-order chi connectivity index (χ0) is 22.1. The van der Waals surface area contributed by atoms with Gasteiger partial charge >= 0.3 is 0 Å². The first-order valence-electron chi connectivity index (χ1n) is 9.97. The zero-order valence-electron chi connectivity index (χ0n) is 17.2. The quantitative estimate of drug-likeness (QED) is 0.184. The maximum absolute atomic E-state index is 12.4. The van der Waals surface area contributed by atoms with Crippen LogP contribution < -0.4 is 10.9 Å². The topological polar surface area (TPSA) is 151 Å². The highest BCUT2D eigenvalue weighted by atomic mass is 16.6. The zero-order valence-corrected chi connectivity index (χ0v) is 17.2. The van der Waals surface area contributed by atoms with Crippen LogP contribution in [0.15, 0.2) is 41.0 Å². The van der Waals surface area contributed by atoms with Gasteiger partial charge in [-0.15, -0.1) is 0 Å². The van der Waals surface area contributed by atoms with Gasteiger partial charge in [0.15, 0.2) is 17.2 Å². The molecule has 0 radical (unpaired) electrons. The Morgan fingerprint density at radius 3 is 2.90 bits per heavy atom. The first-order chi connectivity index (χ1) is 15.1. The van der Waals surface area contributed by atoms with Crippen LogP contribution in [0.1, 0.15) is 54.6 Å². The molecule has 0 bridgehead atoms. The van der Waals surface area contributed by atoms with E-state index in [1.807, 2.05) is 0 Å². The molecule has 0 saturated carbocycles. The number of aryl methyl sites for hydroxylation is 1. The normalized spacial score (nSPS) is 11.1. The lowest BCUT2D eigenvalue weighted by atomic mass is 10.1. The second-order valence-corrected chi connectivity index (χ2v) is 6.82. The number of nitrogens with one attached hydrogen (secondary N) is 3. The number of imidazole rings is 1. The summed E-state index contributed by atoms with van der Waals surface area (Å²) in [6.07, 6.45) is 11.2. The molecule has 0 unspecified atom stereocenters. The van der Waals surface area contributed by atoms with Crippen molar-refractivity contribution in [3.63, 3.8) is 0 Å². The molecule has 0 aliphatic rings.